The molecule has 1 N–H and O–H groups in total. The van der Waals surface area contributed by atoms with Gasteiger partial charge in [0.15, 0.2) is 0 Å². The average molecular weight is 697 g/mol. The second kappa shape index (κ2) is 16.7. The summed E-state index contributed by atoms with van der Waals surface area (Å²) in [6.45, 7) is 5.22. The standard InChI is InChI=1S/C36H39Cl2N3O5S/c1-4-26(3)39-36(43)33(22-27-14-8-6-9-15-27)40(24-28-20-21-29(37)23-31(28)38)35(42)25-41(32-18-12-13-19-34(32)46-5-2)47(44,45)30-16-10-7-11-17-30/h6-21,23,26,33H,4-5,22,24-25H2,1-3H3,(H,39,43)/t26-,33+/m1/s1. The molecular formula is C36H39Cl2N3O5S. The Bertz CT molecular complexity index is 1760. The average Bonchev–Trinajstić information content (AvgIpc) is 3.07. The molecule has 0 saturated heterocycles. The van der Waals surface area contributed by atoms with Gasteiger partial charge in [-0.3, -0.25) is 13.9 Å². The summed E-state index contributed by atoms with van der Waals surface area (Å²) < 4.78 is 35.4. The lowest BCUT2D eigenvalue weighted by Crippen LogP contribution is -2.54. The molecule has 4 aromatic carbocycles. The fourth-order valence-corrected chi connectivity index (χ4v) is 6.92. The first kappa shape index (κ1) is 35.8. The zero-order valence-electron chi connectivity index (χ0n) is 26.6. The largest absolute Gasteiger partial charge is 0.492 e. The third kappa shape index (κ3) is 9.28. The van der Waals surface area contributed by atoms with Crippen LogP contribution in [0.15, 0.2) is 108 Å². The molecule has 2 amide bonds. The summed E-state index contributed by atoms with van der Waals surface area (Å²) in [6.07, 6.45) is 0.860. The first-order valence-corrected chi connectivity index (χ1v) is 17.6. The van der Waals surface area contributed by atoms with E-state index in [1.165, 1.54) is 17.0 Å². The van der Waals surface area contributed by atoms with Crippen LogP contribution in [0.5, 0.6) is 5.75 Å². The van der Waals surface area contributed by atoms with Crippen LogP contribution in [0, 0.1) is 0 Å². The smallest absolute Gasteiger partial charge is 0.264 e. The predicted molar refractivity (Wildman–Crippen MR) is 187 cm³/mol. The summed E-state index contributed by atoms with van der Waals surface area (Å²) in [5, 5.41) is 3.75. The number of benzene rings is 4. The van der Waals surface area contributed by atoms with Crippen molar-refractivity contribution < 1.29 is 22.7 Å². The molecule has 0 unspecified atom stereocenters. The molecule has 11 heteroatoms. The number of sulfonamides is 1. The summed E-state index contributed by atoms with van der Waals surface area (Å²) in [4.78, 5) is 30.1. The fourth-order valence-electron chi connectivity index (χ4n) is 5.00. The third-order valence-electron chi connectivity index (χ3n) is 7.67. The summed E-state index contributed by atoms with van der Waals surface area (Å²) in [6, 6.07) is 27.6. The monoisotopic (exact) mass is 695 g/mol. The zero-order chi connectivity index (χ0) is 34.0. The number of carbonyl (C=O) groups is 2. The van der Waals surface area contributed by atoms with Crippen LogP contribution in [0.1, 0.15) is 38.3 Å². The molecule has 0 aromatic heterocycles. The highest BCUT2D eigenvalue weighted by atomic mass is 35.5. The van der Waals surface area contributed by atoms with E-state index in [0.29, 0.717) is 27.8 Å². The van der Waals surface area contributed by atoms with Crippen molar-refractivity contribution in [3.63, 3.8) is 0 Å². The molecule has 4 aromatic rings. The molecule has 0 radical (unpaired) electrons. The highest BCUT2D eigenvalue weighted by Gasteiger charge is 2.36. The molecule has 0 aliphatic carbocycles. The number of ether oxygens (including phenoxy) is 1. The minimum atomic E-state index is -4.28. The summed E-state index contributed by atoms with van der Waals surface area (Å²) in [7, 11) is -4.28. The topological polar surface area (TPSA) is 96.0 Å². The number of halogens is 2. The van der Waals surface area contributed by atoms with Gasteiger partial charge in [0, 0.05) is 29.1 Å². The van der Waals surface area contributed by atoms with E-state index in [-0.39, 0.29) is 42.1 Å². The molecule has 2 atom stereocenters. The number of nitrogens with zero attached hydrogens (tertiary/aromatic N) is 2. The Morgan fingerprint density at radius 3 is 2.15 bits per heavy atom. The van der Waals surface area contributed by atoms with Gasteiger partial charge in [-0.2, -0.15) is 0 Å². The maximum absolute atomic E-state index is 14.7. The van der Waals surface area contributed by atoms with Gasteiger partial charge in [0.2, 0.25) is 11.8 Å². The van der Waals surface area contributed by atoms with E-state index >= 15 is 0 Å². The first-order valence-electron chi connectivity index (χ1n) is 15.4. The van der Waals surface area contributed by atoms with Crippen LogP contribution >= 0.6 is 23.2 Å². The lowest BCUT2D eigenvalue weighted by molar-refractivity contribution is -0.140. The van der Waals surface area contributed by atoms with Gasteiger partial charge in [-0.05, 0) is 67.8 Å². The normalized spacial score (nSPS) is 12.5. The number of carbonyl (C=O) groups excluding carboxylic acids is 2. The highest BCUT2D eigenvalue weighted by molar-refractivity contribution is 7.92. The minimum absolute atomic E-state index is 0.00162. The van der Waals surface area contributed by atoms with Gasteiger partial charge in [-0.25, -0.2) is 8.42 Å². The Hall–Kier alpha value is -4.05. The molecule has 248 valence electrons. The van der Waals surface area contributed by atoms with Gasteiger partial charge in [0.1, 0.15) is 18.3 Å². The number of rotatable bonds is 15. The van der Waals surface area contributed by atoms with E-state index in [0.717, 1.165) is 9.87 Å². The Morgan fingerprint density at radius 1 is 0.872 bits per heavy atom. The Balaban J connectivity index is 1.86. The highest BCUT2D eigenvalue weighted by Crippen LogP contribution is 2.33. The van der Waals surface area contributed by atoms with Crippen molar-refractivity contribution in [3.8, 4) is 5.75 Å². The van der Waals surface area contributed by atoms with Gasteiger partial charge in [-0.1, -0.05) is 96.9 Å². The maximum atomic E-state index is 14.7. The summed E-state index contributed by atoms with van der Waals surface area (Å²) in [5.41, 5.74) is 1.57. The second-order valence-corrected chi connectivity index (χ2v) is 13.7. The third-order valence-corrected chi connectivity index (χ3v) is 10.0. The number of hydrogen-bond acceptors (Lipinski definition) is 5. The van der Waals surface area contributed by atoms with E-state index in [1.54, 1.807) is 67.6 Å². The fraction of sp³-hybridized carbons (Fsp3) is 0.278. The Labute approximate surface area is 287 Å². The van der Waals surface area contributed by atoms with Gasteiger partial charge in [0.05, 0.1) is 17.2 Å². The van der Waals surface area contributed by atoms with E-state index in [4.69, 9.17) is 27.9 Å². The van der Waals surface area contributed by atoms with Crippen LogP contribution in [0.3, 0.4) is 0 Å². The lowest BCUT2D eigenvalue weighted by Gasteiger charge is -2.34. The van der Waals surface area contributed by atoms with E-state index in [2.05, 4.69) is 5.32 Å². The first-order chi connectivity index (χ1) is 22.5. The van der Waals surface area contributed by atoms with E-state index in [9.17, 15) is 18.0 Å². The Kier molecular flexibility index (Phi) is 12.7. The molecule has 0 aliphatic heterocycles. The molecule has 0 heterocycles. The molecule has 8 nitrogen and oxygen atoms in total. The van der Waals surface area contributed by atoms with E-state index < -0.39 is 28.5 Å². The van der Waals surface area contributed by atoms with Gasteiger partial charge < -0.3 is 15.0 Å². The number of nitrogens with one attached hydrogen (secondary N) is 1. The van der Waals surface area contributed by atoms with Crippen LogP contribution < -0.4 is 14.4 Å². The second-order valence-electron chi connectivity index (χ2n) is 11.0. The van der Waals surface area contributed by atoms with Crippen LogP contribution in [0.4, 0.5) is 5.69 Å². The van der Waals surface area contributed by atoms with Crippen LogP contribution in [-0.2, 0) is 32.6 Å². The number of amides is 2. The minimum Gasteiger partial charge on any atom is -0.492 e. The van der Waals surface area contributed by atoms with Gasteiger partial charge in [-0.15, -0.1) is 0 Å². The molecule has 0 fully saturated rings. The quantitative estimate of drug-likeness (QED) is 0.143. The van der Waals surface area contributed by atoms with Crippen molar-refractivity contribution in [1.29, 1.82) is 0 Å². The number of anilines is 1. The molecule has 4 rings (SSSR count). The van der Waals surface area contributed by atoms with Crippen molar-refractivity contribution in [1.82, 2.24) is 10.2 Å². The maximum Gasteiger partial charge on any atom is 0.264 e. The van der Waals surface area contributed by atoms with Crippen molar-refractivity contribution in [2.75, 3.05) is 17.5 Å². The molecule has 0 saturated carbocycles. The summed E-state index contributed by atoms with van der Waals surface area (Å²) in [5.74, 6) is -0.680. The van der Waals surface area contributed by atoms with Crippen LogP contribution in [-0.4, -0.2) is 50.4 Å². The van der Waals surface area contributed by atoms with Crippen molar-refractivity contribution in [2.24, 2.45) is 0 Å². The van der Waals surface area contributed by atoms with Crippen molar-refractivity contribution >= 4 is 50.7 Å². The molecule has 0 bridgehead atoms. The van der Waals surface area contributed by atoms with Crippen molar-refractivity contribution in [2.45, 2.75) is 57.1 Å². The van der Waals surface area contributed by atoms with E-state index in [1.807, 2.05) is 44.2 Å². The molecule has 0 spiro atoms. The molecular weight excluding hydrogens is 657 g/mol. The van der Waals surface area contributed by atoms with Crippen LogP contribution in [0.2, 0.25) is 10.0 Å². The van der Waals surface area contributed by atoms with Crippen LogP contribution in [0.25, 0.3) is 0 Å². The lowest BCUT2D eigenvalue weighted by atomic mass is 10.0. The van der Waals surface area contributed by atoms with Gasteiger partial charge >= 0.3 is 0 Å². The van der Waals surface area contributed by atoms with Gasteiger partial charge in [0.25, 0.3) is 10.0 Å². The molecule has 47 heavy (non-hydrogen) atoms. The summed E-state index contributed by atoms with van der Waals surface area (Å²) >= 11 is 12.8. The molecule has 0 aliphatic rings. The SMILES string of the molecule is CCOc1ccccc1N(CC(=O)N(Cc1ccc(Cl)cc1Cl)[C@@H](Cc1ccccc1)C(=O)N[C@H](C)CC)S(=O)(=O)c1ccccc1. The number of hydrogen-bond donors (Lipinski definition) is 1. The zero-order valence-corrected chi connectivity index (χ0v) is 28.9. The Morgan fingerprint density at radius 2 is 1.51 bits per heavy atom. The van der Waals surface area contributed by atoms with Crippen molar-refractivity contribution in [3.05, 3.63) is 124 Å². The number of para-hydroxylation sites is 2. The predicted octanol–water partition coefficient (Wildman–Crippen LogP) is 7.14.